The van der Waals surface area contributed by atoms with Gasteiger partial charge in [-0.05, 0) is 25.1 Å². The van der Waals surface area contributed by atoms with E-state index in [0.717, 1.165) is 10.7 Å². The van der Waals surface area contributed by atoms with Crippen LogP contribution in [-0.2, 0) is 11.3 Å². The van der Waals surface area contributed by atoms with Crippen molar-refractivity contribution in [2.45, 2.75) is 13.5 Å². The van der Waals surface area contributed by atoms with Gasteiger partial charge in [-0.2, -0.15) is 0 Å². The maximum absolute atomic E-state index is 13.3. The third-order valence-corrected chi connectivity index (χ3v) is 3.85. The second-order valence-electron chi connectivity index (χ2n) is 4.26. The molecule has 0 bridgehead atoms. The summed E-state index contributed by atoms with van der Waals surface area (Å²) in [6.45, 7) is 2.05. The second-order valence-corrected chi connectivity index (χ2v) is 5.21. The molecule has 4 nitrogen and oxygen atoms in total. The van der Waals surface area contributed by atoms with E-state index < -0.39 is 17.5 Å². The Kier molecular flexibility index (Phi) is 2.67. The van der Waals surface area contributed by atoms with Crippen LogP contribution in [-0.4, -0.2) is 16.7 Å². The van der Waals surface area contributed by atoms with Crippen molar-refractivity contribution in [1.29, 1.82) is 0 Å². The summed E-state index contributed by atoms with van der Waals surface area (Å²) >= 11 is 1.41. The molecule has 0 N–H and O–H groups in total. The molecular formula is C13H9FN2O2S. The van der Waals surface area contributed by atoms with E-state index in [-0.39, 0.29) is 12.1 Å². The van der Waals surface area contributed by atoms with Gasteiger partial charge in [0, 0.05) is 11.1 Å². The Bertz CT molecular complexity index is 696. The minimum absolute atomic E-state index is 0.194. The summed E-state index contributed by atoms with van der Waals surface area (Å²) in [5, 5.41) is 2.58. The molecule has 1 aromatic heterocycles. The van der Waals surface area contributed by atoms with Gasteiger partial charge in [-0.1, -0.05) is 0 Å². The summed E-state index contributed by atoms with van der Waals surface area (Å²) in [7, 11) is 0. The van der Waals surface area contributed by atoms with Crippen molar-refractivity contribution < 1.29 is 14.0 Å². The van der Waals surface area contributed by atoms with E-state index in [1.807, 2.05) is 12.3 Å². The predicted octanol–water partition coefficient (Wildman–Crippen LogP) is 2.32. The van der Waals surface area contributed by atoms with Gasteiger partial charge in [0.2, 0.25) is 0 Å². The highest BCUT2D eigenvalue weighted by atomic mass is 32.1. The molecule has 0 unspecified atom stereocenters. The third-order valence-electron chi connectivity index (χ3n) is 2.89. The number of benzene rings is 1. The Balaban J connectivity index is 2.01. The first kappa shape index (κ1) is 12.0. The first-order valence-electron chi connectivity index (χ1n) is 5.63. The molecule has 19 heavy (non-hydrogen) atoms. The normalized spacial score (nSPS) is 14.1. The Morgan fingerprint density at radius 2 is 2.16 bits per heavy atom. The summed E-state index contributed by atoms with van der Waals surface area (Å²) in [5.74, 6) is -1.70. The fraction of sp³-hybridized carbons (Fsp3) is 0.154. The van der Waals surface area contributed by atoms with Crippen LogP contribution in [0.4, 0.5) is 10.1 Å². The van der Waals surface area contributed by atoms with Crippen molar-refractivity contribution in [2.75, 3.05) is 4.90 Å². The van der Waals surface area contributed by atoms with Gasteiger partial charge >= 0.3 is 0 Å². The number of hydrogen-bond donors (Lipinski definition) is 0. The van der Waals surface area contributed by atoms with Crippen LogP contribution in [0.5, 0.6) is 0 Å². The monoisotopic (exact) mass is 276 g/mol. The van der Waals surface area contributed by atoms with E-state index in [4.69, 9.17) is 0 Å². The molecular weight excluding hydrogens is 267 g/mol. The van der Waals surface area contributed by atoms with Crippen LogP contribution in [0.2, 0.25) is 0 Å². The van der Waals surface area contributed by atoms with Crippen LogP contribution < -0.4 is 4.90 Å². The van der Waals surface area contributed by atoms with E-state index in [9.17, 15) is 14.0 Å². The summed E-state index contributed by atoms with van der Waals surface area (Å²) in [6.07, 6.45) is 0. The lowest BCUT2D eigenvalue weighted by atomic mass is 10.1. The standard InChI is InChI=1S/C13H9FN2O2S/c1-7-6-19-11(15-7)5-16-10-4-8(14)2-3-9(10)12(17)13(16)18/h2-4,6H,5H2,1H3. The number of carbonyl (C=O) groups excluding carboxylic acids is 2. The molecule has 1 aliphatic rings. The van der Waals surface area contributed by atoms with Gasteiger partial charge in [0.05, 0.1) is 17.8 Å². The zero-order valence-electron chi connectivity index (χ0n) is 10.0. The molecule has 1 aromatic carbocycles. The highest BCUT2D eigenvalue weighted by molar-refractivity contribution is 7.09. The smallest absolute Gasteiger partial charge is 0.298 e. The van der Waals surface area contributed by atoms with Gasteiger partial charge in [-0.25, -0.2) is 9.37 Å². The number of rotatable bonds is 2. The number of anilines is 1. The lowest BCUT2D eigenvalue weighted by Gasteiger charge is -2.14. The molecule has 2 heterocycles. The molecule has 1 amide bonds. The molecule has 6 heteroatoms. The molecule has 0 radical (unpaired) electrons. The maximum Gasteiger partial charge on any atom is 0.299 e. The number of nitrogens with zero attached hydrogens (tertiary/aromatic N) is 2. The summed E-state index contributed by atoms with van der Waals surface area (Å²) in [6, 6.07) is 3.73. The number of fused-ring (bicyclic) bond motifs is 1. The highest BCUT2D eigenvalue weighted by Crippen LogP contribution is 2.31. The van der Waals surface area contributed by atoms with Crippen molar-refractivity contribution in [2.24, 2.45) is 0 Å². The zero-order valence-corrected chi connectivity index (χ0v) is 10.8. The average Bonchev–Trinajstić information content (AvgIpc) is 2.88. The Morgan fingerprint density at radius 3 is 2.84 bits per heavy atom. The molecule has 0 fully saturated rings. The largest absolute Gasteiger partial charge is 0.299 e. The summed E-state index contributed by atoms with van der Waals surface area (Å²) in [4.78, 5) is 29.2. The van der Waals surface area contributed by atoms with Gasteiger partial charge in [0.15, 0.2) is 0 Å². The van der Waals surface area contributed by atoms with Crippen LogP contribution in [0.15, 0.2) is 23.6 Å². The van der Waals surface area contributed by atoms with Crippen LogP contribution in [0, 0.1) is 12.7 Å². The fourth-order valence-corrected chi connectivity index (χ4v) is 2.79. The fourth-order valence-electron chi connectivity index (χ4n) is 2.03. The highest BCUT2D eigenvalue weighted by Gasteiger charge is 2.36. The van der Waals surface area contributed by atoms with Crippen molar-refractivity contribution >= 4 is 28.7 Å². The predicted molar refractivity (Wildman–Crippen MR) is 68.8 cm³/mol. The van der Waals surface area contributed by atoms with E-state index in [0.29, 0.717) is 5.69 Å². The number of thiazole rings is 1. The molecule has 0 saturated heterocycles. The van der Waals surface area contributed by atoms with Crippen molar-refractivity contribution in [3.05, 3.63) is 45.7 Å². The molecule has 0 spiro atoms. The number of aryl methyl sites for hydroxylation is 1. The summed E-state index contributed by atoms with van der Waals surface area (Å²) in [5.41, 5.74) is 1.43. The Hall–Kier alpha value is -2.08. The van der Waals surface area contributed by atoms with Gasteiger partial charge in [-0.15, -0.1) is 11.3 Å². The van der Waals surface area contributed by atoms with Gasteiger partial charge in [-0.3, -0.25) is 14.5 Å². The lowest BCUT2D eigenvalue weighted by Crippen LogP contribution is -2.29. The van der Waals surface area contributed by atoms with Crippen molar-refractivity contribution in [3.8, 4) is 0 Å². The molecule has 0 atom stereocenters. The number of halogens is 1. The minimum atomic E-state index is -0.631. The number of hydrogen-bond acceptors (Lipinski definition) is 4. The molecule has 1 aliphatic heterocycles. The van der Waals surface area contributed by atoms with Gasteiger partial charge < -0.3 is 0 Å². The number of Topliss-reactive ketones (excluding diaryl/α,β-unsaturated/α-hetero) is 1. The first-order chi connectivity index (χ1) is 9.06. The Morgan fingerprint density at radius 1 is 1.37 bits per heavy atom. The van der Waals surface area contributed by atoms with E-state index in [2.05, 4.69) is 4.98 Å². The lowest BCUT2D eigenvalue weighted by molar-refractivity contribution is -0.114. The van der Waals surface area contributed by atoms with Crippen LogP contribution in [0.3, 0.4) is 0 Å². The van der Waals surface area contributed by atoms with Crippen molar-refractivity contribution in [3.63, 3.8) is 0 Å². The third kappa shape index (κ3) is 1.94. The Labute approximate surface area is 112 Å². The summed E-state index contributed by atoms with van der Waals surface area (Å²) < 4.78 is 13.3. The van der Waals surface area contributed by atoms with E-state index >= 15 is 0 Å². The van der Waals surface area contributed by atoms with Gasteiger partial charge in [0.25, 0.3) is 11.7 Å². The van der Waals surface area contributed by atoms with E-state index in [1.165, 1.54) is 34.4 Å². The average molecular weight is 276 g/mol. The van der Waals surface area contributed by atoms with Crippen LogP contribution in [0.1, 0.15) is 21.1 Å². The molecule has 0 saturated carbocycles. The molecule has 3 rings (SSSR count). The van der Waals surface area contributed by atoms with Crippen LogP contribution >= 0.6 is 11.3 Å². The SMILES string of the molecule is Cc1csc(CN2C(=O)C(=O)c3ccc(F)cc32)n1. The molecule has 0 aliphatic carbocycles. The number of ketones is 1. The molecule has 2 aromatic rings. The number of aromatic nitrogens is 1. The maximum atomic E-state index is 13.3. The number of amides is 1. The number of carbonyl (C=O) groups is 2. The van der Waals surface area contributed by atoms with Crippen LogP contribution in [0.25, 0.3) is 0 Å². The van der Waals surface area contributed by atoms with Crippen molar-refractivity contribution in [1.82, 2.24) is 4.98 Å². The van der Waals surface area contributed by atoms with Gasteiger partial charge in [0.1, 0.15) is 10.8 Å². The topological polar surface area (TPSA) is 50.3 Å². The second kappa shape index (κ2) is 4.24. The first-order valence-corrected chi connectivity index (χ1v) is 6.51. The zero-order chi connectivity index (χ0) is 13.6. The quantitative estimate of drug-likeness (QED) is 0.791. The minimum Gasteiger partial charge on any atom is -0.298 e. The molecule has 96 valence electrons. The van der Waals surface area contributed by atoms with E-state index in [1.54, 1.807) is 0 Å².